The normalized spacial score (nSPS) is 18.6. The van der Waals surface area contributed by atoms with Crippen LogP contribution in [0.5, 0.6) is 5.75 Å². The Hall–Kier alpha value is -2.37. The summed E-state index contributed by atoms with van der Waals surface area (Å²) in [5.41, 5.74) is 1.90. The minimum absolute atomic E-state index is 0.0181. The van der Waals surface area contributed by atoms with Crippen molar-refractivity contribution in [2.75, 3.05) is 19.7 Å². The number of carbonyl (C=O) groups is 2. The van der Waals surface area contributed by atoms with Gasteiger partial charge in [0.05, 0.1) is 19.7 Å². The molecule has 2 N–H and O–H groups in total. The summed E-state index contributed by atoms with van der Waals surface area (Å²) in [7, 11) is 0. The molecule has 0 aliphatic carbocycles. The van der Waals surface area contributed by atoms with E-state index >= 15 is 0 Å². The number of piperidine rings is 1. The number of hydrogen-bond donors (Lipinski definition) is 2. The number of halogens is 1. The van der Waals surface area contributed by atoms with Gasteiger partial charge in [-0.05, 0) is 43.3 Å². The molecule has 6 heteroatoms. The van der Waals surface area contributed by atoms with E-state index in [-0.39, 0.29) is 30.6 Å². The maximum absolute atomic E-state index is 12.3. The van der Waals surface area contributed by atoms with E-state index in [1.54, 1.807) is 24.3 Å². The van der Waals surface area contributed by atoms with Crippen molar-refractivity contribution < 1.29 is 19.2 Å². The molecule has 2 aromatic carbocycles. The molecule has 3 rings (SSSR count). The van der Waals surface area contributed by atoms with Crippen LogP contribution >= 0.6 is 11.6 Å². The molecular formula is C24H30ClN2O3+. The van der Waals surface area contributed by atoms with Crippen molar-refractivity contribution in [2.24, 2.45) is 0 Å². The quantitative estimate of drug-likeness (QED) is 0.602. The molecule has 1 aliphatic rings. The van der Waals surface area contributed by atoms with E-state index < -0.39 is 0 Å². The molecule has 0 spiro atoms. The van der Waals surface area contributed by atoms with Gasteiger partial charge >= 0.3 is 0 Å². The van der Waals surface area contributed by atoms with Crippen LogP contribution in [0.1, 0.15) is 48.5 Å². The van der Waals surface area contributed by atoms with E-state index in [1.807, 2.05) is 19.1 Å². The van der Waals surface area contributed by atoms with E-state index in [0.717, 1.165) is 43.2 Å². The van der Waals surface area contributed by atoms with Crippen molar-refractivity contribution in [1.82, 2.24) is 5.32 Å². The molecule has 1 fully saturated rings. The van der Waals surface area contributed by atoms with Gasteiger partial charge in [-0.3, -0.25) is 9.59 Å². The number of likely N-dealkylation sites (tertiary alicyclic amines) is 1. The minimum atomic E-state index is -0.0413. The highest BCUT2D eigenvalue weighted by molar-refractivity contribution is 6.30. The monoisotopic (exact) mass is 429 g/mol. The first kappa shape index (κ1) is 22.3. The van der Waals surface area contributed by atoms with Crippen molar-refractivity contribution in [3.8, 4) is 5.75 Å². The van der Waals surface area contributed by atoms with Gasteiger partial charge in [-0.15, -0.1) is 0 Å². The van der Waals surface area contributed by atoms with E-state index in [1.165, 1.54) is 10.5 Å². The predicted octanol–water partition coefficient (Wildman–Crippen LogP) is 3.07. The molecular weight excluding hydrogens is 400 g/mol. The van der Waals surface area contributed by atoms with E-state index in [9.17, 15) is 9.59 Å². The lowest BCUT2D eigenvalue weighted by Crippen LogP contribution is -3.12. The first-order chi connectivity index (χ1) is 14.5. The summed E-state index contributed by atoms with van der Waals surface area (Å²) >= 11 is 5.95. The van der Waals surface area contributed by atoms with E-state index in [4.69, 9.17) is 16.3 Å². The fraction of sp³-hybridized carbons (Fsp3) is 0.417. The van der Waals surface area contributed by atoms with Crippen LogP contribution < -0.4 is 15.0 Å². The topological polar surface area (TPSA) is 59.8 Å². The summed E-state index contributed by atoms with van der Waals surface area (Å²) in [4.78, 5) is 26.1. The van der Waals surface area contributed by atoms with Crippen molar-refractivity contribution in [2.45, 2.75) is 45.2 Å². The average molecular weight is 430 g/mol. The van der Waals surface area contributed by atoms with Crippen LogP contribution in [0.25, 0.3) is 0 Å². The Labute approximate surface area is 183 Å². The maximum atomic E-state index is 12.3. The van der Waals surface area contributed by atoms with Crippen LogP contribution in [0.2, 0.25) is 5.02 Å². The highest BCUT2D eigenvalue weighted by atomic mass is 35.5. The minimum Gasteiger partial charge on any atom is -0.494 e. The third-order valence-corrected chi connectivity index (χ3v) is 5.74. The van der Waals surface area contributed by atoms with Crippen LogP contribution in [0.4, 0.5) is 0 Å². The van der Waals surface area contributed by atoms with Gasteiger partial charge in [-0.2, -0.15) is 0 Å². The Balaban J connectivity index is 1.36. The van der Waals surface area contributed by atoms with Crippen LogP contribution in [0, 0.1) is 0 Å². The van der Waals surface area contributed by atoms with Crippen molar-refractivity contribution in [3.05, 3.63) is 64.7 Å². The zero-order valence-corrected chi connectivity index (χ0v) is 18.2. The number of quaternary nitrogens is 1. The number of rotatable bonds is 9. The largest absolute Gasteiger partial charge is 0.494 e. The molecule has 1 aliphatic heterocycles. The summed E-state index contributed by atoms with van der Waals surface area (Å²) in [6, 6.07) is 15.3. The number of amides is 1. The molecule has 1 heterocycles. The SMILES string of the molecule is CCOc1ccc(C(=O)CCC(=O)NC2CC[NH+](Cc3ccc(Cl)cc3)CC2)cc1. The molecule has 30 heavy (non-hydrogen) atoms. The zero-order chi connectivity index (χ0) is 21.3. The van der Waals surface area contributed by atoms with Crippen molar-refractivity contribution in [1.29, 1.82) is 0 Å². The van der Waals surface area contributed by atoms with Crippen LogP contribution in [-0.4, -0.2) is 37.4 Å². The summed E-state index contributed by atoms with van der Waals surface area (Å²) in [6.07, 6.45) is 2.37. The van der Waals surface area contributed by atoms with Crippen LogP contribution in [0.3, 0.4) is 0 Å². The number of ether oxygens (including phenoxy) is 1. The first-order valence-electron chi connectivity index (χ1n) is 10.7. The average Bonchev–Trinajstić information content (AvgIpc) is 2.76. The predicted molar refractivity (Wildman–Crippen MR) is 118 cm³/mol. The zero-order valence-electron chi connectivity index (χ0n) is 17.5. The maximum Gasteiger partial charge on any atom is 0.220 e. The highest BCUT2D eigenvalue weighted by Gasteiger charge is 2.23. The summed E-state index contributed by atoms with van der Waals surface area (Å²) in [5.74, 6) is 0.687. The van der Waals surface area contributed by atoms with Gasteiger partial charge in [0.25, 0.3) is 0 Å². The van der Waals surface area contributed by atoms with Gasteiger partial charge in [0.1, 0.15) is 12.3 Å². The van der Waals surface area contributed by atoms with E-state index in [0.29, 0.717) is 12.2 Å². The molecule has 0 aromatic heterocycles. The molecule has 160 valence electrons. The fourth-order valence-corrected chi connectivity index (χ4v) is 3.94. The fourth-order valence-electron chi connectivity index (χ4n) is 3.81. The summed E-state index contributed by atoms with van der Waals surface area (Å²) in [6.45, 7) is 5.54. The lowest BCUT2D eigenvalue weighted by atomic mass is 10.0. The van der Waals surface area contributed by atoms with Crippen LogP contribution in [0.15, 0.2) is 48.5 Å². The van der Waals surface area contributed by atoms with Gasteiger partial charge < -0.3 is 15.0 Å². The number of ketones is 1. The Morgan fingerprint density at radius 1 is 1.03 bits per heavy atom. The second-order valence-electron chi connectivity index (χ2n) is 7.78. The second kappa shape index (κ2) is 11.1. The van der Waals surface area contributed by atoms with Gasteiger partial charge in [0, 0.05) is 47.9 Å². The second-order valence-corrected chi connectivity index (χ2v) is 8.21. The number of carbonyl (C=O) groups excluding carboxylic acids is 2. The van der Waals surface area contributed by atoms with Crippen molar-refractivity contribution in [3.63, 3.8) is 0 Å². The third kappa shape index (κ3) is 6.85. The van der Waals surface area contributed by atoms with Crippen molar-refractivity contribution >= 4 is 23.3 Å². The number of nitrogens with one attached hydrogen (secondary N) is 2. The van der Waals surface area contributed by atoms with Gasteiger partial charge in [0.2, 0.25) is 5.91 Å². The molecule has 0 saturated carbocycles. The molecule has 0 atom stereocenters. The smallest absolute Gasteiger partial charge is 0.220 e. The number of hydrogen-bond acceptors (Lipinski definition) is 3. The third-order valence-electron chi connectivity index (χ3n) is 5.49. The summed E-state index contributed by atoms with van der Waals surface area (Å²) in [5, 5.41) is 3.86. The van der Waals surface area contributed by atoms with Gasteiger partial charge in [-0.1, -0.05) is 23.7 Å². The lowest BCUT2D eigenvalue weighted by Gasteiger charge is -2.29. The Morgan fingerprint density at radius 3 is 2.33 bits per heavy atom. The Kier molecular flexibility index (Phi) is 8.29. The Morgan fingerprint density at radius 2 is 1.70 bits per heavy atom. The van der Waals surface area contributed by atoms with Gasteiger partial charge in [-0.25, -0.2) is 0 Å². The molecule has 0 bridgehead atoms. The molecule has 1 amide bonds. The number of benzene rings is 2. The number of Topliss-reactive ketones (excluding diaryl/α,β-unsaturated/α-hetero) is 1. The highest BCUT2D eigenvalue weighted by Crippen LogP contribution is 2.14. The summed E-state index contributed by atoms with van der Waals surface area (Å²) < 4.78 is 5.39. The standard InChI is InChI=1S/C24H29ClN2O3/c1-2-30-22-9-5-19(6-10-22)23(28)11-12-24(29)26-21-13-15-27(16-14-21)17-18-3-7-20(25)8-4-18/h3-10,21H,2,11-17H2,1H3,(H,26,29)/p+1. The van der Waals surface area contributed by atoms with Crippen LogP contribution in [-0.2, 0) is 11.3 Å². The molecule has 2 aromatic rings. The molecule has 5 nitrogen and oxygen atoms in total. The molecule has 0 unspecified atom stereocenters. The van der Waals surface area contributed by atoms with E-state index in [2.05, 4.69) is 17.4 Å². The lowest BCUT2D eigenvalue weighted by molar-refractivity contribution is -0.918. The first-order valence-corrected chi connectivity index (χ1v) is 11.0. The molecule has 0 radical (unpaired) electrons. The Bertz CT molecular complexity index is 829. The molecule has 1 saturated heterocycles. The van der Waals surface area contributed by atoms with Gasteiger partial charge in [0.15, 0.2) is 5.78 Å².